The van der Waals surface area contributed by atoms with Crippen molar-refractivity contribution in [2.75, 3.05) is 19.6 Å². The highest BCUT2D eigenvalue weighted by molar-refractivity contribution is 9.10. The molecular formula is C16H22BrFN2O. The van der Waals surface area contributed by atoms with Gasteiger partial charge in [-0.3, -0.25) is 4.79 Å². The van der Waals surface area contributed by atoms with Gasteiger partial charge in [0.25, 0.3) is 5.91 Å². The van der Waals surface area contributed by atoms with Gasteiger partial charge in [-0.1, -0.05) is 13.3 Å². The Morgan fingerprint density at radius 1 is 1.52 bits per heavy atom. The molecule has 1 N–H and O–H groups in total. The van der Waals surface area contributed by atoms with Gasteiger partial charge in [0.1, 0.15) is 5.82 Å². The van der Waals surface area contributed by atoms with Crippen molar-refractivity contribution in [2.24, 2.45) is 0 Å². The summed E-state index contributed by atoms with van der Waals surface area (Å²) in [4.78, 5) is 14.6. The number of hydrogen-bond donors (Lipinski definition) is 1. The summed E-state index contributed by atoms with van der Waals surface area (Å²) < 4.78 is 13.6. The van der Waals surface area contributed by atoms with Crippen LogP contribution in [0.3, 0.4) is 0 Å². The third-order valence-corrected chi connectivity index (χ3v) is 4.45. The van der Waals surface area contributed by atoms with E-state index in [9.17, 15) is 9.18 Å². The van der Waals surface area contributed by atoms with E-state index in [0.29, 0.717) is 16.1 Å². The van der Waals surface area contributed by atoms with Gasteiger partial charge in [0.15, 0.2) is 0 Å². The maximum atomic E-state index is 13.3. The smallest absolute Gasteiger partial charge is 0.253 e. The van der Waals surface area contributed by atoms with E-state index in [1.807, 2.05) is 4.90 Å². The van der Waals surface area contributed by atoms with E-state index in [2.05, 4.69) is 28.2 Å². The Morgan fingerprint density at radius 2 is 2.33 bits per heavy atom. The number of hydrogen-bond acceptors (Lipinski definition) is 2. The van der Waals surface area contributed by atoms with Crippen LogP contribution in [-0.2, 0) is 0 Å². The van der Waals surface area contributed by atoms with E-state index in [1.165, 1.54) is 12.5 Å². The zero-order valence-electron chi connectivity index (χ0n) is 12.4. The molecule has 1 unspecified atom stereocenters. The Morgan fingerprint density at radius 3 is 2.95 bits per heavy atom. The van der Waals surface area contributed by atoms with Crippen molar-refractivity contribution in [1.82, 2.24) is 10.2 Å². The minimum Gasteiger partial charge on any atom is -0.337 e. The van der Waals surface area contributed by atoms with Gasteiger partial charge in [-0.15, -0.1) is 0 Å². The highest BCUT2D eigenvalue weighted by Gasteiger charge is 2.22. The Bertz CT molecular complexity index is 489. The molecule has 0 aromatic heterocycles. The van der Waals surface area contributed by atoms with Gasteiger partial charge in [-0.05, 0) is 59.9 Å². The van der Waals surface area contributed by atoms with Crippen molar-refractivity contribution in [3.05, 3.63) is 34.1 Å². The van der Waals surface area contributed by atoms with E-state index in [4.69, 9.17) is 0 Å². The molecule has 1 saturated heterocycles. The quantitative estimate of drug-likeness (QED) is 0.844. The summed E-state index contributed by atoms with van der Waals surface area (Å²) in [5.41, 5.74) is 0.539. The number of nitrogens with zero attached hydrogens (tertiary/aromatic N) is 1. The zero-order chi connectivity index (χ0) is 15.2. The van der Waals surface area contributed by atoms with Crippen LogP contribution in [0.5, 0.6) is 0 Å². The second-order valence-corrected chi connectivity index (χ2v) is 6.38. The normalized spacial score (nSPS) is 18.0. The van der Waals surface area contributed by atoms with Crippen molar-refractivity contribution in [3.63, 3.8) is 0 Å². The minimum atomic E-state index is -0.343. The van der Waals surface area contributed by atoms with Crippen LogP contribution in [0.25, 0.3) is 0 Å². The molecule has 1 aromatic carbocycles. The largest absolute Gasteiger partial charge is 0.337 e. The fraction of sp³-hybridized carbons (Fsp3) is 0.562. The van der Waals surface area contributed by atoms with Crippen LogP contribution in [0.4, 0.5) is 4.39 Å². The van der Waals surface area contributed by atoms with Gasteiger partial charge < -0.3 is 10.2 Å². The summed E-state index contributed by atoms with van der Waals surface area (Å²) in [5, 5.41) is 3.43. The van der Waals surface area contributed by atoms with Gasteiger partial charge in [-0.25, -0.2) is 4.39 Å². The Kier molecular flexibility index (Phi) is 6.18. The van der Waals surface area contributed by atoms with Gasteiger partial charge >= 0.3 is 0 Å². The third kappa shape index (κ3) is 4.51. The molecule has 1 amide bonds. The molecule has 2 rings (SSSR count). The fourth-order valence-corrected chi connectivity index (χ4v) is 2.99. The van der Waals surface area contributed by atoms with E-state index >= 15 is 0 Å². The number of amides is 1. The van der Waals surface area contributed by atoms with Gasteiger partial charge in [0.05, 0.1) is 4.47 Å². The monoisotopic (exact) mass is 356 g/mol. The first-order valence-electron chi connectivity index (χ1n) is 7.59. The molecule has 116 valence electrons. The van der Waals surface area contributed by atoms with Gasteiger partial charge in [0.2, 0.25) is 0 Å². The van der Waals surface area contributed by atoms with Crippen molar-refractivity contribution in [1.29, 1.82) is 0 Å². The number of halogens is 2. The van der Waals surface area contributed by atoms with Gasteiger partial charge in [-0.2, -0.15) is 0 Å². The van der Waals surface area contributed by atoms with E-state index in [0.717, 1.165) is 38.9 Å². The van der Waals surface area contributed by atoms with E-state index in [-0.39, 0.29) is 11.7 Å². The molecule has 3 nitrogen and oxygen atoms in total. The molecular weight excluding hydrogens is 335 g/mol. The van der Waals surface area contributed by atoms with Crippen molar-refractivity contribution in [2.45, 2.75) is 38.6 Å². The molecule has 1 aliphatic rings. The lowest BCUT2D eigenvalue weighted by molar-refractivity contribution is 0.0739. The summed E-state index contributed by atoms with van der Waals surface area (Å²) in [6.07, 6.45) is 4.32. The van der Waals surface area contributed by atoms with Crippen LogP contribution in [0.1, 0.15) is 43.0 Å². The van der Waals surface area contributed by atoms with E-state index < -0.39 is 0 Å². The molecule has 1 aromatic rings. The lowest BCUT2D eigenvalue weighted by Gasteiger charge is -2.26. The number of carbonyl (C=O) groups is 1. The number of nitrogens with one attached hydrogen (secondary N) is 1. The third-order valence-electron chi connectivity index (χ3n) is 3.84. The summed E-state index contributed by atoms with van der Waals surface area (Å²) in [6, 6.07) is 4.85. The maximum absolute atomic E-state index is 13.3. The standard InChI is InChI=1S/C16H22BrFN2O/c1-2-3-9-20(11-13-5-4-8-19-13)16(21)12-6-7-15(18)14(17)10-12/h6-7,10,13,19H,2-5,8-9,11H2,1H3. The van der Waals surface area contributed by atoms with Gasteiger partial charge in [0, 0.05) is 24.7 Å². The number of rotatable bonds is 6. The van der Waals surface area contributed by atoms with Crippen LogP contribution in [0.2, 0.25) is 0 Å². The highest BCUT2D eigenvalue weighted by Crippen LogP contribution is 2.19. The second kappa shape index (κ2) is 7.90. The summed E-state index contributed by atoms with van der Waals surface area (Å²) in [7, 11) is 0. The number of carbonyl (C=O) groups excluding carboxylic acids is 1. The predicted octanol–water partition coefficient (Wildman–Crippen LogP) is 3.58. The Labute approximate surface area is 134 Å². The first kappa shape index (κ1) is 16.4. The van der Waals surface area contributed by atoms with E-state index in [1.54, 1.807) is 12.1 Å². The maximum Gasteiger partial charge on any atom is 0.253 e. The average molecular weight is 357 g/mol. The summed E-state index contributed by atoms with van der Waals surface area (Å²) >= 11 is 3.15. The lowest BCUT2D eigenvalue weighted by Crippen LogP contribution is -2.41. The molecule has 0 bridgehead atoms. The first-order chi connectivity index (χ1) is 10.1. The molecule has 1 fully saturated rings. The number of unbranched alkanes of at least 4 members (excludes halogenated alkanes) is 1. The predicted molar refractivity (Wildman–Crippen MR) is 85.9 cm³/mol. The number of benzene rings is 1. The van der Waals surface area contributed by atoms with Crippen LogP contribution in [-0.4, -0.2) is 36.5 Å². The van der Waals surface area contributed by atoms with Crippen LogP contribution >= 0.6 is 15.9 Å². The minimum absolute atomic E-state index is 0.0159. The van der Waals surface area contributed by atoms with Crippen LogP contribution in [0, 0.1) is 5.82 Å². The van der Waals surface area contributed by atoms with Crippen LogP contribution in [0.15, 0.2) is 22.7 Å². The average Bonchev–Trinajstić information content (AvgIpc) is 2.98. The second-order valence-electron chi connectivity index (χ2n) is 5.53. The molecule has 0 radical (unpaired) electrons. The topological polar surface area (TPSA) is 32.3 Å². The molecule has 0 aliphatic carbocycles. The molecule has 1 heterocycles. The fourth-order valence-electron chi connectivity index (χ4n) is 2.62. The van der Waals surface area contributed by atoms with Crippen molar-refractivity contribution >= 4 is 21.8 Å². The SMILES string of the molecule is CCCCN(CC1CCCN1)C(=O)c1ccc(F)c(Br)c1. The Hall–Kier alpha value is -0.940. The van der Waals surface area contributed by atoms with Crippen LogP contribution < -0.4 is 5.32 Å². The molecule has 1 atom stereocenters. The molecule has 0 saturated carbocycles. The highest BCUT2D eigenvalue weighted by atomic mass is 79.9. The summed E-state index contributed by atoms with van der Waals surface area (Å²) in [5.74, 6) is -0.359. The van der Waals surface area contributed by atoms with Crippen molar-refractivity contribution in [3.8, 4) is 0 Å². The first-order valence-corrected chi connectivity index (χ1v) is 8.39. The zero-order valence-corrected chi connectivity index (χ0v) is 14.0. The Balaban J connectivity index is 2.09. The van der Waals surface area contributed by atoms with Crippen molar-refractivity contribution < 1.29 is 9.18 Å². The molecule has 5 heteroatoms. The molecule has 21 heavy (non-hydrogen) atoms. The molecule has 1 aliphatic heterocycles. The summed E-state index contributed by atoms with van der Waals surface area (Å²) in [6.45, 7) is 4.63. The molecule has 0 spiro atoms. The lowest BCUT2D eigenvalue weighted by atomic mass is 10.1.